The van der Waals surface area contributed by atoms with Gasteiger partial charge in [-0.3, -0.25) is 0 Å². The Kier molecular flexibility index (Phi) is 4.00. The number of nitrogens with zero attached hydrogens (tertiary/aromatic N) is 2. The van der Waals surface area contributed by atoms with Gasteiger partial charge in [-0.25, -0.2) is 4.98 Å². The molecule has 94 valence electrons. The average Bonchev–Trinajstić information content (AvgIpc) is 2.45. The molecule has 2 aromatic rings. The van der Waals surface area contributed by atoms with Gasteiger partial charge in [-0.1, -0.05) is 37.5 Å². The highest BCUT2D eigenvalue weighted by atomic mass is 15.0. The maximum absolute atomic E-state index is 9.21. The molecule has 0 amide bonds. The zero-order valence-corrected chi connectivity index (χ0v) is 10.9. The van der Waals surface area contributed by atoms with Gasteiger partial charge in [0.2, 0.25) is 0 Å². The van der Waals surface area contributed by atoms with Gasteiger partial charge in [0, 0.05) is 5.39 Å². The number of terminal acetylenes is 1. The average molecular weight is 249 g/mol. The molecule has 1 aromatic heterocycles. The maximum atomic E-state index is 9.21. The van der Waals surface area contributed by atoms with Crippen LogP contribution in [0.2, 0.25) is 0 Å². The molecule has 0 spiro atoms. The van der Waals surface area contributed by atoms with Crippen LogP contribution in [0.15, 0.2) is 30.3 Å². The monoisotopic (exact) mass is 249 g/mol. The number of nitriles is 1. The van der Waals surface area contributed by atoms with Crippen molar-refractivity contribution in [3.05, 3.63) is 35.9 Å². The lowest BCUT2D eigenvalue weighted by molar-refractivity contribution is 0.753. The highest BCUT2D eigenvalue weighted by molar-refractivity contribution is 5.86. The van der Waals surface area contributed by atoms with Crippen LogP contribution in [0.5, 0.6) is 0 Å². The number of anilines is 1. The van der Waals surface area contributed by atoms with E-state index < -0.39 is 0 Å². The molecule has 19 heavy (non-hydrogen) atoms. The van der Waals surface area contributed by atoms with Crippen molar-refractivity contribution in [2.24, 2.45) is 0 Å². The van der Waals surface area contributed by atoms with Crippen molar-refractivity contribution in [3.8, 4) is 18.4 Å². The highest BCUT2D eigenvalue weighted by Crippen LogP contribution is 2.20. The Balaban J connectivity index is 2.40. The van der Waals surface area contributed by atoms with Gasteiger partial charge in [0.25, 0.3) is 0 Å². The van der Waals surface area contributed by atoms with Crippen LogP contribution >= 0.6 is 0 Å². The van der Waals surface area contributed by atoms with E-state index in [0.717, 1.165) is 23.7 Å². The SMILES string of the molecule is C#CC(CCC)Nc1cc(C#N)c2ccccc2n1. The third-order valence-corrected chi connectivity index (χ3v) is 2.94. The molecule has 1 atom stereocenters. The third-order valence-electron chi connectivity index (χ3n) is 2.94. The first-order chi connectivity index (χ1) is 9.28. The number of nitrogens with one attached hydrogen (secondary N) is 1. The summed E-state index contributed by atoms with van der Waals surface area (Å²) in [6, 6.07) is 11.5. The molecule has 1 unspecified atom stereocenters. The molecule has 1 aromatic carbocycles. The van der Waals surface area contributed by atoms with E-state index in [1.54, 1.807) is 6.07 Å². The Morgan fingerprint density at radius 3 is 2.89 bits per heavy atom. The van der Waals surface area contributed by atoms with E-state index >= 15 is 0 Å². The van der Waals surface area contributed by atoms with Crippen molar-refractivity contribution in [1.29, 1.82) is 5.26 Å². The molecule has 0 aliphatic rings. The van der Waals surface area contributed by atoms with Crippen molar-refractivity contribution in [2.45, 2.75) is 25.8 Å². The van der Waals surface area contributed by atoms with Gasteiger partial charge in [-0.15, -0.1) is 6.42 Å². The van der Waals surface area contributed by atoms with Crippen molar-refractivity contribution < 1.29 is 0 Å². The predicted octanol–water partition coefficient (Wildman–Crippen LogP) is 3.32. The van der Waals surface area contributed by atoms with E-state index in [4.69, 9.17) is 6.42 Å². The zero-order chi connectivity index (χ0) is 13.7. The molecule has 1 N–H and O–H groups in total. The quantitative estimate of drug-likeness (QED) is 0.845. The highest BCUT2D eigenvalue weighted by Gasteiger charge is 2.08. The van der Waals surface area contributed by atoms with E-state index in [9.17, 15) is 5.26 Å². The molecular formula is C16H15N3. The standard InChI is InChI=1S/C16H15N3/c1-3-7-13(4-2)18-16-10-12(11-17)14-8-5-6-9-15(14)19-16/h2,5-6,8-10,13H,3,7H2,1H3,(H,18,19). The van der Waals surface area contributed by atoms with E-state index in [0.29, 0.717) is 11.4 Å². The van der Waals surface area contributed by atoms with Crippen LogP contribution in [0.25, 0.3) is 10.9 Å². The van der Waals surface area contributed by atoms with Gasteiger partial charge in [0.1, 0.15) is 5.82 Å². The minimum absolute atomic E-state index is 0.0507. The normalized spacial score (nSPS) is 11.5. The molecule has 1 heterocycles. The number of fused-ring (bicyclic) bond motifs is 1. The summed E-state index contributed by atoms with van der Waals surface area (Å²) >= 11 is 0. The number of hydrogen-bond donors (Lipinski definition) is 1. The van der Waals surface area contributed by atoms with Crippen LogP contribution in [0.1, 0.15) is 25.3 Å². The van der Waals surface area contributed by atoms with Crippen LogP contribution in [0.3, 0.4) is 0 Å². The van der Waals surface area contributed by atoms with Gasteiger partial charge < -0.3 is 5.32 Å². The third kappa shape index (κ3) is 2.84. The fourth-order valence-electron chi connectivity index (χ4n) is 2.01. The van der Waals surface area contributed by atoms with E-state index in [-0.39, 0.29) is 6.04 Å². The first-order valence-corrected chi connectivity index (χ1v) is 6.31. The Morgan fingerprint density at radius 2 is 2.21 bits per heavy atom. The first kappa shape index (κ1) is 12.9. The lowest BCUT2D eigenvalue weighted by Gasteiger charge is -2.13. The van der Waals surface area contributed by atoms with Crippen molar-refractivity contribution in [2.75, 3.05) is 5.32 Å². The Bertz CT molecular complexity index is 662. The van der Waals surface area contributed by atoms with Gasteiger partial charge >= 0.3 is 0 Å². The second kappa shape index (κ2) is 5.89. The molecular weight excluding hydrogens is 234 g/mol. The molecule has 0 fully saturated rings. The second-order valence-corrected chi connectivity index (χ2v) is 4.34. The summed E-state index contributed by atoms with van der Waals surface area (Å²) in [4.78, 5) is 4.50. The van der Waals surface area contributed by atoms with Gasteiger partial charge in [-0.05, 0) is 18.6 Å². The minimum Gasteiger partial charge on any atom is -0.356 e. The molecule has 0 radical (unpaired) electrons. The number of hydrogen-bond acceptors (Lipinski definition) is 3. The molecule has 3 nitrogen and oxygen atoms in total. The summed E-state index contributed by atoms with van der Waals surface area (Å²) in [6.07, 6.45) is 7.37. The fourth-order valence-corrected chi connectivity index (χ4v) is 2.01. The molecule has 0 saturated carbocycles. The molecule has 0 saturated heterocycles. The van der Waals surface area contributed by atoms with E-state index in [1.807, 2.05) is 24.3 Å². The van der Waals surface area contributed by atoms with Crippen molar-refractivity contribution in [3.63, 3.8) is 0 Å². The van der Waals surface area contributed by atoms with Gasteiger partial charge in [-0.2, -0.15) is 5.26 Å². The Morgan fingerprint density at radius 1 is 1.42 bits per heavy atom. The molecule has 0 bridgehead atoms. The molecule has 0 aliphatic carbocycles. The van der Waals surface area contributed by atoms with Crippen molar-refractivity contribution >= 4 is 16.7 Å². The molecule has 3 heteroatoms. The minimum atomic E-state index is -0.0507. The fraction of sp³-hybridized carbons (Fsp3) is 0.250. The maximum Gasteiger partial charge on any atom is 0.128 e. The van der Waals surface area contributed by atoms with Crippen LogP contribution < -0.4 is 5.32 Å². The van der Waals surface area contributed by atoms with Crippen LogP contribution in [-0.4, -0.2) is 11.0 Å². The summed E-state index contributed by atoms with van der Waals surface area (Å²) in [5.41, 5.74) is 1.41. The number of benzene rings is 1. The number of aromatic nitrogens is 1. The summed E-state index contributed by atoms with van der Waals surface area (Å²) < 4.78 is 0. The summed E-state index contributed by atoms with van der Waals surface area (Å²) in [5, 5.41) is 13.3. The Labute approximate surface area is 113 Å². The summed E-state index contributed by atoms with van der Waals surface area (Å²) in [6.45, 7) is 2.08. The van der Waals surface area contributed by atoms with Crippen LogP contribution in [0, 0.1) is 23.7 Å². The summed E-state index contributed by atoms with van der Waals surface area (Å²) in [7, 11) is 0. The number of pyridine rings is 1. The van der Waals surface area contributed by atoms with Crippen LogP contribution in [0.4, 0.5) is 5.82 Å². The van der Waals surface area contributed by atoms with Crippen LogP contribution in [-0.2, 0) is 0 Å². The first-order valence-electron chi connectivity index (χ1n) is 6.31. The molecule has 0 aliphatic heterocycles. The van der Waals surface area contributed by atoms with E-state index in [1.165, 1.54) is 0 Å². The predicted molar refractivity (Wildman–Crippen MR) is 77.6 cm³/mol. The molecule has 2 rings (SSSR count). The number of rotatable bonds is 4. The zero-order valence-electron chi connectivity index (χ0n) is 10.9. The lowest BCUT2D eigenvalue weighted by Crippen LogP contribution is -2.17. The van der Waals surface area contributed by atoms with E-state index in [2.05, 4.69) is 29.2 Å². The largest absolute Gasteiger partial charge is 0.356 e. The Hall–Kier alpha value is -2.52. The second-order valence-electron chi connectivity index (χ2n) is 4.34. The smallest absolute Gasteiger partial charge is 0.128 e. The van der Waals surface area contributed by atoms with Gasteiger partial charge in [0.05, 0.1) is 23.2 Å². The number of para-hydroxylation sites is 1. The summed E-state index contributed by atoms with van der Waals surface area (Å²) in [5.74, 6) is 3.36. The van der Waals surface area contributed by atoms with Gasteiger partial charge in [0.15, 0.2) is 0 Å². The topological polar surface area (TPSA) is 48.7 Å². The lowest BCUT2D eigenvalue weighted by atomic mass is 10.1. The van der Waals surface area contributed by atoms with Crippen molar-refractivity contribution in [1.82, 2.24) is 4.98 Å².